The fourth-order valence-corrected chi connectivity index (χ4v) is 6.45. The summed E-state index contributed by atoms with van der Waals surface area (Å²) in [7, 11) is -4.76. The Bertz CT molecular complexity index is 957. The molecule has 0 saturated heterocycles. The maximum atomic E-state index is 12.4. The van der Waals surface area contributed by atoms with Gasteiger partial charge in [-0.05, 0) is 64.2 Å². The molecule has 1 atom stereocenters. The summed E-state index contributed by atoms with van der Waals surface area (Å²) in [6, 6.07) is 0. The molecule has 0 aromatic rings. The largest absolute Gasteiger partial charge is 0.469 e. The molecule has 0 aliphatic carbocycles. The molecule has 0 aromatic carbocycles. The van der Waals surface area contributed by atoms with E-state index in [1.165, 1.54) is 109 Å². The van der Waals surface area contributed by atoms with Crippen molar-refractivity contribution in [2.75, 3.05) is 13.2 Å². The predicted molar refractivity (Wildman–Crippen MR) is 221 cm³/mol. The van der Waals surface area contributed by atoms with Crippen LogP contribution in [-0.2, 0) is 28.2 Å². The van der Waals surface area contributed by atoms with Crippen LogP contribution in [-0.4, -0.2) is 41.0 Å². The molecule has 0 unspecified atom stereocenters. The highest BCUT2D eigenvalue weighted by Crippen LogP contribution is 2.36. The molecule has 53 heavy (non-hydrogen) atoms. The third kappa shape index (κ3) is 42.9. The van der Waals surface area contributed by atoms with Crippen LogP contribution in [0.4, 0.5) is 0 Å². The van der Waals surface area contributed by atoms with Crippen LogP contribution in [0.2, 0.25) is 0 Å². The number of phosphoric ester groups is 1. The minimum Gasteiger partial charge on any atom is -0.462 e. The predicted octanol–water partition coefficient (Wildman–Crippen LogP) is 13.4. The standard InChI is InChI=1S/C44H81O8P/c1-3-5-7-9-11-13-15-17-19-20-21-22-23-24-25-27-29-31-33-35-37-39-44(46)52-42(41-51-53(47,48)49)40-50-43(45)38-36-34-32-30-28-26-18-16-14-12-10-8-6-4-2/h10,12,16-19,42H,3-9,11,13-15,20-41H2,1-2H3,(H2,47,48,49)/b12-10+,18-16+,19-17+/t42-/m1/s1. The number of unbranched alkanes of at least 4 members (excludes halogenated alkanes) is 24. The fraction of sp³-hybridized carbons (Fsp3) is 0.818. The number of hydrogen-bond donors (Lipinski definition) is 2. The second-order valence-corrected chi connectivity index (χ2v) is 15.9. The van der Waals surface area contributed by atoms with Crippen LogP contribution >= 0.6 is 7.82 Å². The Morgan fingerprint density at radius 3 is 1.32 bits per heavy atom. The van der Waals surface area contributed by atoms with E-state index in [0.29, 0.717) is 12.8 Å². The zero-order chi connectivity index (χ0) is 38.9. The lowest BCUT2D eigenvalue weighted by atomic mass is 10.0. The normalized spacial score (nSPS) is 12.8. The molecule has 0 fully saturated rings. The minimum atomic E-state index is -4.76. The smallest absolute Gasteiger partial charge is 0.462 e. The molecule has 0 aliphatic rings. The average Bonchev–Trinajstić information content (AvgIpc) is 3.13. The quantitative estimate of drug-likeness (QED) is 0.0274. The highest BCUT2D eigenvalue weighted by Gasteiger charge is 2.22. The first-order valence-corrected chi connectivity index (χ1v) is 23.3. The van der Waals surface area contributed by atoms with E-state index in [2.05, 4.69) is 54.8 Å². The van der Waals surface area contributed by atoms with Gasteiger partial charge in [0.2, 0.25) is 0 Å². The Balaban J connectivity index is 3.88. The van der Waals surface area contributed by atoms with Gasteiger partial charge in [-0.2, -0.15) is 0 Å². The molecule has 0 radical (unpaired) electrons. The lowest BCUT2D eigenvalue weighted by Gasteiger charge is -2.18. The summed E-state index contributed by atoms with van der Waals surface area (Å²) < 4.78 is 26.4. The molecule has 0 heterocycles. The lowest BCUT2D eigenvalue weighted by Crippen LogP contribution is -2.29. The van der Waals surface area contributed by atoms with Gasteiger partial charge in [-0.3, -0.25) is 14.1 Å². The first-order chi connectivity index (χ1) is 25.8. The van der Waals surface area contributed by atoms with Crippen molar-refractivity contribution in [1.82, 2.24) is 0 Å². The van der Waals surface area contributed by atoms with Gasteiger partial charge in [0, 0.05) is 12.8 Å². The van der Waals surface area contributed by atoms with E-state index in [0.717, 1.165) is 64.2 Å². The van der Waals surface area contributed by atoms with Crippen LogP contribution in [0.3, 0.4) is 0 Å². The van der Waals surface area contributed by atoms with Gasteiger partial charge in [0.15, 0.2) is 6.10 Å². The van der Waals surface area contributed by atoms with E-state index < -0.39 is 32.5 Å². The van der Waals surface area contributed by atoms with Gasteiger partial charge in [-0.15, -0.1) is 0 Å². The number of carbonyl (C=O) groups excluding carboxylic acids is 2. The molecular weight excluding hydrogens is 687 g/mol. The van der Waals surface area contributed by atoms with Crippen LogP contribution < -0.4 is 0 Å². The van der Waals surface area contributed by atoms with Gasteiger partial charge in [-0.1, -0.05) is 172 Å². The van der Waals surface area contributed by atoms with Crippen LogP contribution in [0.25, 0.3) is 0 Å². The fourth-order valence-electron chi connectivity index (χ4n) is 6.09. The maximum absolute atomic E-state index is 12.4. The van der Waals surface area contributed by atoms with Crippen molar-refractivity contribution in [1.29, 1.82) is 0 Å². The Morgan fingerprint density at radius 1 is 0.491 bits per heavy atom. The molecule has 0 rings (SSSR count). The molecule has 0 aromatic heterocycles. The van der Waals surface area contributed by atoms with Gasteiger partial charge >= 0.3 is 19.8 Å². The zero-order valence-corrected chi connectivity index (χ0v) is 35.1. The van der Waals surface area contributed by atoms with E-state index in [-0.39, 0.29) is 19.4 Å². The molecule has 0 spiro atoms. The average molecular weight is 769 g/mol. The summed E-state index contributed by atoms with van der Waals surface area (Å²) in [6.45, 7) is 3.64. The molecule has 9 heteroatoms. The molecular formula is C44H81O8P. The number of esters is 2. The van der Waals surface area contributed by atoms with Crippen molar-refractivity contribution in [3.63, 3.8) is 0 Å². The Kier molecular flexibility index (Phi) is 38.6. The van der Waals surface area contributed by atoms with Crippen LogP contribution in [0.1, 0.15) is 213 Å². The van der Waals surface area contributed by atoms with Crippen LogP contribution in [0.15, 0.2) is 36.5 Å². The summed E-state index contributed by atoms with van der Waals surface area (Å²) in [5.41, 5.74) is 0. The Morgan fingerprint density at radius 2 is 0.868 bits per heavy atom. The Labute approximate surface area is 325 Å². The van der Waals surface area contributed by atoms with Crippen molar-refractivity contribution >= 4 is 19.8 Å². The highest BCUT2D eigenvalue weighted by atomic mass is 31.2. The third-order valence-corrected chi connectivity index (χ3v) is 9.87. The first kappa shape index (κ1) is 51.3. The van der Waals surface area contributed by atoms with Gasteiger partial charge in [0.1, 0.15) is 6.61 Å². The van der Waals surface area contributed by atoms with Crippen LogP contribution in [0.5, 0.6) is 0 Å². The van der Waals surface area contributed by atoms with E-state index in [4.69, 9.17) is 19.3 Å². The summed E-state index contributed by atoms with van der Waals surface area (Å²) in [4.78, 5) is 42.9. The molecule has 0 aliphatic heterocycles. The number of rotatable bonds is 40. The van der Waals surface area contributed by atoms with Gasteiger partial charge in [-0.25, -0.2) is 4.57 Å². The van der Waals surface area contributed by atoms with Gasteiger partial charge in [0.25, 0.3) is 0 Å². The number of hydrogen-bond acceptors (Lipinski definition) is 6. The topological polar surface area (TPSA) is 119 Å². The molecule has 8 nitrogen and oxygen atoms in total. The van der Waals surface area contributed by atoms with Crippen molar-refractivity contribution in [3.8, 4) is 0 Å². The molecule has 0 saturated carbocycles. The summed E-state index contributed by atoms with van der Waals surface area (Å²) in [6.07, 6.45) is 47.2. The maximum Gasteiger partial charge on any atom is 0.469 e. The summed E-state index contributed by atoms with van der Waals surface area (Å²) in [5.74, 6) is -0.897. The SMILES string of the molecule is CCCC/C=C/C/C=C/CCCCCCCC(=O)OC[C@H](COP(=O)(O)O)OC(=O)CCCCCCCCCCCCC/C=C/CCCCCCCC. The number of carbonyl (C=O) groups is 2. The minimum absolute atomic E-state index is 0.209. The van der Waals surface area contributed by atoms with Crippen molar-refractivity contribution in [2.24, 2.45) is 0 Å². The van der Waals surface area contributed by atoms with Crippen molar-refractivity contribution in [3.05, 3.63) is 36.5 Å². The van der Waals surface area contributed by atoms with E-state index in [1.807, 2.05) is 0 Å². The second kappa shape index (κ2) is 39.9. The number of allylic oxidation sites excluding steroid dienone is 6. The van der Waals surface area contributed by atoms with E-state index >= 15 is 0 Å². The monoisotopic (exact) mass is 769 g/mol. The van der Waals surface area contributed by atoms with Crippen molar-refractivity contribution in [2.45, 2.75) is 219 Å². The third-order valence-electron chi connectivity index (χ3n) is 9.38. The van der Waals surface area contributed by atoms with E-state index in [1.54, 1.807) is 0 Å². The summed E-state index contributed by atoms with van der Waals surface area (Å²) >= 11 is 0. The molecule has 0 bridgehead atoms. The van der Waals surface area contributed by atoms with Crippen molar-refractivity contribution < 1.29 is 37.9 Å². The number of phosphoric acid groups is 1. The zero-order valence-electron chi connectivity index (χ0n) is 34.2. The second-order valence-electron chi connectivity index (χ2n) is 14.7. The highest BCUT2D eigenvalue weighted by molar-refractivity contribution is 7.46. The van der Waals surface area contributed by atoms with Gasteiger partial charge in [0.05, 0.1) is 6.61 Å². The summed E-state index contributed by atoms with van der Waals surface area (Å²) in [5, 5.41) is 0. The molecule has 2 N–H and O–H groups in total. The van der Waals surface area contributed by atoms with Crippen LogP contribution in [0, 0.1) is 0 Å². The molecule has 0 amide bonds. The van der Waals surface area contributed by atoms with E-state index in [9.17, 15) is 14.2 Å². The molecule has 310 valence electrons. The Hall–Kier alpha value is -1.73. The lowest BCUT2D eigenvalue weighted by molar-refractivity contribution is -0.161. The first-order valence-electron chi connectivity index (χ1n) is 21.8. The number of ether oxygens (including phenoxy) is 2. The van der Waals surface area contributed by atoms with Gasteiger partial charge < -0.3 is 19.3 Å².